The van der Waals surface area contributed by atoms with E-state index < -0.39 is 5.43 Å². The Hall–Kier alpha value is -3.28. The predicted molar refractivity (Wildman–Crippen MR) is 82.6 cm³/mol. The number of ether oxygens (including phenoxy) is 2. The van der Waals surface area contributed by atoms with Crippen LogP contribution in [0.5, 0.6) is 23.0 Å². The Labute approximate surface area is 130 Å². The molecule has 0 unspecified atom stereocenters. The zero-order valence-electron chi connectivity index (χ0n) is 12.1. The first-order valence-electron chi connectivity index (χ1n) is 6.69. The highest BCUT2D eigenvalue weighted by Crippen LogP contribution is 2.31. The molecular formula is C17H12O6. The highest BCUT2D eigenvalue weighted by molar-refractivity contribution is 5.97. The van der Waals surface area contributed by atoms with E-state index in [-0.39, 0.29) is 28.0 Å². The van der Waals surface area contributed by atoms with Crippen molar-refractivity contribution in [1.29, 1.82) is 0 Å². The normalized spacial score (nSPS) is 10.5. The lowest BCUT2D eigenvalue weighted by Gasteiger charge is -2.10. The molecule has 2 aromatic carbocycles. The molecule has 1 N–H and O–H groups in total. The van der Waals surface area contributed by atoms with Gasteiger partial charge < -0.3 is 19.0 Å². The van der Waals surface area contributed by atoms with Gasteiger partial charge in [-0.3, -0.25) is 9.59 Å². The van der Waals surface area contributed by atoms with E-state index in [0.717, 1.165) is 6.26 Å². The topological polar surface area (TPSA) is 86.0 Å². The standard InChI is InChI=1S/C17H12O6/c1-21-13-4-2-3-5-14(13)23-15-9-22-17-10(16(15)20)6-7-12(19)11(17)8-18/h2-9,19H,1H3. The molecule has 1 aromatic heterocycles. The molecule has 0 spiro atoms. The van der Waals surface area contributed by atoms with Crippen LogP contribution in [0.3, 0.4) is 0 Å². The van der Waals surface area contributed by atoms with Crippen LogP contribution >= 0.6 is 0 Å². The predicted octanol–water partition coefficient (Wildman–Crippen LogP) is 3.11. The molecule has 6 heteroatoms. The maximum absolute atomic E-state index is 12.5. The molecule has 0 radical (unpaired) electrons. The van der Waals surface area contributed by atoms with E-state index in [9.17, 15) is 14.7 Å². The van der Waals surface area contributed by atoms with Gasteiger partial charge >= 0.3 is 0 Å². The van der Waals surface area contributed by atoms with Crippen LogP contribution in [0.4, 0.5) is 0 Å². The summed E-state index contributed by atoms with van der Waals surface area (Å²) in [5.74, 6) is 0.515. The molecule has 6 nitrogen and oxygen atoms in total. The van der Waals surface area contributed by atoms with Crippen LogP contribution in [0.25, 0.3) is 11.0 Å². The minimum Gasteiger partial charge on any atom is -0.507 e. The third-order valence-electron chi connectivity index (χ3n) is 3.33. The Morgan fingerprint density at radius 1 is 1.09 bits per heavy atom. The van der Waals surface area contributed by atoms with E-state index in [1.54, 1.807) is 24.3 Å². The fourth-order valence-electron chi connectivity index (χ4n) is 2.20. The van der Waals surface area contributed by atoms with Crippen molar-refractivity contribution in [3.63, 3.8) is 0 Å². The number of para-hydroxylation sites is 2. The van der Waals surface area contributed by atoms with Gasteiger partial charge in [0.25, 0.3) is 0 Å². The van der Waals surface area contributed by atoms with Gasteiger partial charge in [0.1, 0.15) is 12.0 Å². The van der Waals surface area contributed by atoms with Crippen LogP contribution in [-0.4, -0.2) is 18.5 Å². The van der Waals surface area contributed by atoms with E-state index in [2.05, 4.69) is 0 Å². The number of aldehydes is 1. The summed E-state index contributed by atoms with van der Waals surface area (Å²) in [6.45, 7) is 0. The number of carbonyl (C=O) groups excluding carboxylic acids is 1. The summed E-state index contributed by atoms with van der Waals surface area (Å²) in [7, 11) is 1.49. The average Bonchev–Trinajstić information content (AvgIpc) is 2.57. The lowest BCUT2D eigenvalue weighted by molar-refractivity contribution is 0.112. The summed E-state index contributed by atoms with van der Waals surface area (Å²) in [5, 5.41) is 9.77. The largest absolute Gasteiger partial charge is 0.507 e. The first kappa shape index (κ1) is 14.6. The third-order valence-corrected chi connectivity index (χ3v) is 3.33. The van der Waals surface area contributed by atoms with Crippen molar-refractivity contribution in [3.8, 4) is 23.0 Å². The molecule has 0 bridgehead atoms. The summed E-state index contributed by atoms with van der Waals surface area (Å²) in [4.78, 5) is 23.5. The summed E-state index contributed by atoms with van der Waals surface area (Å²) < 4.78 is 16.0. The van der Waals surface area contributed by atoms with Gasteiger partial charge in [0.15, 0.2) is 23.4 Å². The molecule has 3 aromatic rings. The molecular weight excluding hydrogens is 300 g/mol. The first-order valence-corrected chi connectivity index (χ1v) is 6.69. The lowest BCUT2D eigenvalue weighted by Crippen LogP contribution is -2.06. The smallest absolute Gasteiger partial charge is 0.235 e. The molecule has 0 saturated carbocycles. The molecule has 0 aliphatic rings. The van der Waals surface area contributed by atoms with E-state index in [1.807, 2.05) is 0 Å². The van der Waals surface area contributed by atoms with Crippen molar-refractivity contribution in [1.82, 2.24) is 0 Å². The van der Waals surface area contributed by atoms with Gasteiger partial charge in [0.2, 0.25) is 11.2 Å². The molecule has 0 aliphatic heterocycles. The van der Waals surface area contributed by atoms with Gasteiger partial charge in [-0.25, -0.2) is 0 Å². The quantitative estimate of drug-likeness (QED) is 0.745. The van der Waals surface area contributed by atoms with Crippen molar-refractivity contribution >= 4 is 17.3 Å². The molecule has 0 atom stereocenters. The number of benzene rings is 2. The second kappa shape index (κ2) is 5.84. The van der Waals surface area contributed by atoms with Gasteiger partial charge in [0.05, 0.1) is 18.1 Å². The summed E-state index contributed by atoms with van der Waals surface area (Å²) >= 11 is 0. The molecule has 0 saturated heterocycles. The van der Waals surface area contributed by atoms with Gasteiger partial charge in [-0.1, -0.05) is 12.1 Å². The summed E-state index contributed by atoms with van der Waals surface area (Å²) in [6.07, 6.45) is 1.53. The zero-order valence-corrected chi connectivity index (χ0v) is 12.1. The number of phenols is 1. The van der Waals surface area contributed by atoms with E-state index in [0.29, 0.717) is 17.8 Å². The van der Waals surface area contributed by atoms with Gasteiger partial charge in [-0.05, 0) is 24.3 Å². The molecule has 1 heterocycles. The molecule has 0 aliphatic carbocycles. The van der Waals surface area contributed by atoms with Crippen molar-refractivity contribution in [2.75, 3.05) is 7.11 Å². The number of aromatic hydroxyl groups is 1. The molecule has 0 amide bonds. The molecule has 3 rings (SSSR count). The van der Waals surface area contributed by atoms with Crippen molar-refractivity contribution in [2.45, 2.75) is 0 Å². The van der Waals surface area contributed by atoms with Gasteiger partial charge in [-0.15, -0.1) is 0 Å². The summed E-state index contributed by atoms with van der Waals surface area (Å²) in [5.41, 5.74) is -0.527. The summed E-state index contributed by atoms with van der Waals surface area (Å²) in [6, 6.07) is 9.49. The first-order chi connectivity index (χ1) is 11.2. The number of rotatable bonds is 4. The number of phenolic OH excluding ortho intramolecular Hbond substituents is 1. The lowest BCUT2D eigenvalue weighted by atomic mass is 10.1. The third kappa shape index (κ3) is 2.50. The Bertz CT molecular complexity index is 941. The minimum absolute atomic E-state index is 0.0115. The molecule has 0 fully saturated rings. The van der Waals surface area contributed by atoms with E-state index >= 15 is 0 Å². The highest BCUT2D eigenvalue weighted by Gasteiger charge is 2.15. The minimum atomic E-state index is -0.458. The maximum atomic E-state index is 12.5. The number of methoxy groups -OCH3 is 1. The zero-order chi connectivity index (χ0) is 16.4. The number of carbonyl (C=O) groups is 1. The maximum Gasteiger partial charge on any atom is 0.235 e. The number of hydrogen-bond donors (Lipinski definition) is 1. The van der Waals surface area contributed by atoms with Gasteiger partial charge in [0, 0.05) is 0 Å². The molecule has 23 heavy (non-hydrogen) atoms. The fourth-order valence-corrected chi connectivity index (χ4v) is 2.20. The fraction of sp³-hybridized carbons (Fsp3) is 0.0588. The second-order valence-corrected chi connectivity index (χ2v) is 4.67. The van der Waals surface area contributed by atoms with Crippen LogP contribution in [0.2, 0.25) is 0 Å². The monoisotopic (exact) mass is 312 g/mol. The number of fused-ring (bicyclic) bond motifs is 1. The Morgan fingerprint density at radius 2 is 1.83 bits per heavy atom. The van der Waals surface area contributed by atoms with Crippen molar-refractivity contribution < 1.29 is 23.8 Å². The van der Waals surface area contributed by atoms with Crippen molar-refractivity contribution in [2.24, 2.45) is 0 Å². The van der Waals surface area contributed by atoms with Gasteiger partial charge in [-0.2, -0.15) is 0 Å². The Kier molecular flexibility index (Phi) is 3.72. The van der Waals surface area contributed by atoms with Crippen LogP contribution in [0.15, 0.2) is 51.9 Å². The Morgan fingerprint density at radius 3 is 2.52 bits per heavy atom. The van der Waals surface area contributed by atoms with E-state index in [1.165, 1.54) is 19.2 Å². The van der Waals surface area contributed by atoms with Crippen LogP contribution in [0, 0.1) is 0 Å². The SMILES string of the molecule is COc1ccccc1Oc1coc2c(C=O)c(O)ccc2c1=O. The van der Waals surface area contributed by atoms with Crippen LogP contribution < -0.4 is 14.9 Å². The Balaban J connectivity index is 2.13. The molecule has 116 valence electrons. The van der Waals surface area contributed by atoms with Crippen molar-refractivity contribution in [3.05, 3.63) is 58.4 Å². The van der Waals surface area contributed by atoms with Crippen LogP contribution in [-0.2, 0) is 0 Å². The van der Waals surface area contributed by atoms with E-state index in [4.69, 9.17) is 13.9 Å². The second-order valence-electron chi connectivity index (χ2n) is 4.67. The average molecular weight is 312 g/mol. The number of hydrogen-bond acceptors (Lipinski definition) is 6. The highest BCUT2D eigenvalue weighted by atomic mass is 16.5. The van der Waals surface area contributed by atoms with Crippen LogP contribution in [0.1, 0.15) is 10.4 Å².